The van der Waals surface area contributed by atoms with Gasteiger partial charge in [-0.25, -0.2) is 4.98 Å². The zero-order valence-electron chi connectivity index (χ0n) is 14.4. The van der Waals surface area contributed by atoms with E-state index in [2.05, 4.69) is 90.5 Å². The molecule has 0 aliphatic heterocycles. The normalized spacial score (nSPS) is 12.7. The first-order valence-corrected chi connectivity index (χ1v) is 8.90. The fraction of sp³-hybridized carbons (Fsp3) is 0.0417. The maximum absolute atomic E-state index is 5.02. The number of para-hydroxylation sites is 1. The van der Waals surface area contributed by atoms with Crippen LogP contribution in [0.15, 0.2) is 66.7 Å². The molecule has 0 radical (unpaired) electrons. The summed E-state index contributed by atoms with van der Waals surface area (Å²) in [6.45, 7) is 0. The molecule has 26 heavy (non-hydrogen) atoms. The van der Waals surface area contributed by atoms with Crippen LogP contribution < -0.4 is 0 Å². The van der Waals surface area contributed by atoms with Gasteiger partial charge < -0.3 is 4.57 Å². The summed E-state index contributed by atoms with van der Waals surface area (Å²) in [5.74, 6) is 0. The molecule has 0 bridgehead atoms. The Morgan fingerprint density at radius 2 is 1.54 bits per heavy atom. The van der Waals surface area contributed by atoms with E-state index in [1.807, 2.05) is 0 Å². The Labute approximate surface area is 151 Å². The van der Waals surface area contributed by atoms with Gasteiger partial charge in [0, 0.05) is 39.8 Å². The molecule has 0 saturated heterocycles. The van der Waals surface area contributed by atoms with Crippen molar-refractivity contribution in [3.63, 3.8) is 0 Å². The smallest absolute Gasteiger partial charge is 0.0722 e. The van der Waals surface area contributed by atoms with Crippen molar-refractivity contribution in [3.8, 4) is 11.3 Å². The molecule has 0 unspecified atom stereocenters. The molecule has 0 atom stereocenters. The average molecular weight is 332 g/mol. The predicted molar refractivity (Wildman–Crippen MR) is 110 cm³/mol. The van der Waals surface area contributed by atoms with Crippen LogP contribution in [0.5, 0.6) is 0 Å². The van der Waals surface area contributed by atoms with Crippen molar-refractivity contribution in [2.24, 2.45) is 7.05 Å². The molecule has 3 aromatic carbocycles. The van der Waals surface area contributed by atoms with Gasteiger partial charge in [-0.2, -0.15) is 0 Å². The first-order valence-electron chi connectivity index (χ1n) is 8.90. The van der Waals surface area contributed by atoms with Gasteiger partial charge in [-0.1, -0.05) is 54.6 Å². The van der Waals surface area contributed by atoms with Crippen LogP contribution in [-0.2, 0) is 7.05 Å². The van der Waals surface area contributed by atoms with Crippen molar-refractivity contribution in [1.29, 1.82) is 0 Å². The number of fused-ring (bicyclic) bond motifs is 3. The van der Waals surface area contributed by atoms with Crippen molar-refractivity contribution in [3.05, 3.63) is 77.9 Å². The minimum Gasteiger partial charge on any atom is -0.344 e. The van der Waals surface area contributed by atoms with E-state index in [1.165, 1.54) is 43.9 Å². The highest BCUT2D eigenvalue weighted by atomic mass is 14.9. The lowest BCUT2D eigenvalue weighted by Gasteiger charge is -2.08. The number of aryl methyl sites for hydroxylation is 1. The highest BCUT2D eigenvalue weighted by Crippen LogP contribution is 2.38. The second-order valence-electron chi connectivity index (χ2n) is 6.95. The van der Waals surface area contributed by atoms with E-state index in [0.717, 1.165) is 11.2 Å². The van der Waals surface area contributed by atoms with Gasteiger partial charge >= 0.3 is 0 Å². The van der Waals surface area contributed by atoms with Gasteiger partial charge in [0.25, 0.3) is 0 Å². The van der Waals surface area contributed by atoms with Crippen LogP contribution in [-0.4, -0.2) is 9.55 Å². The second-order valence-corrected chi connectivity index (χ2v) is 6.95. The molecule has 0 amide bonds. The van der Waals surface area contributed by atoms with Crippen molar-refractivity contribution >= 4 is 44.9 Å². The number of benzene rings is 3. The quantitative estimate of drug-likeness (QED) is 0.359. The summed E-state index contributed by atoms with van der Waals surface area (Å²) in [5.41, 5.74) is 8.32. The summed E-state index contributed by atoms with van der Waals surface area (Å²) in [6.07, 6.45) is 4.38. The van der Waals surface area contributed by atoms with Crippen LogP contribution in [0.1, 0.15) is 11.1 Å². The molecule has 2 nitrogen and oxygen atoms in total. The summed E-state index contributed by atoms with van der Waals surface area (Å²) in [5, 5.41) is 3.83. The number of hydrogen-bond donors (Lipinski definition) is 0. The van der Waals surface area contributed by atoms with Gasteiger partial charge in [0.15, 0.2) is 0 Å². The summed E-state index contributed by atoms with van der Waals surface area (Å²) in [4.78, 5) is 5.02. The van der Waals surface area contributed by atoms with E-state index < -0.39 is 0 Å². The number of rotatable bonds is 1. The Balaban J connectivity index is 1.76. The molecule has 1 aliphatic carbocycles. The second kappa shape index (κ2) is 4.83. The molecule has 0 spiro atoms. The fourth-order valence-corrected chi connectivity index (χ4v) is 4.36. The van der Waals surface area contributed by atoms with Crippen LogP contribution in [0, 0.1) is 0 Å². The first kappa shape index (κ1) is 13.9. The van der Waals surface area contributed by atoms with Gasteiger partial charge in [-0.3, -0.25) is 0 Å². The van der Waals surface area contributed by atoms with Gasteiger partial charge in [0.05, 0.1) is 11.2 Å². The average Bonchev–Trinajstić information content (AvgIpc) is 3.23. The van der Waals surface area contributed by atoms with Crippen LogP contribution in [0.25, 0.3) is 56.1 Å². The van der Waals surface area contributed by atoms with E-state index in [-0.39, 0.29) is 0 Å². The largest absolute Gasteiger partial charge is 0.344 e. The van der Waals surface area contributed by atoms with E-state index in [9.17, 15) is 0 Å². The molecule has 6 rings (SSSR count). The third-order valence-corrected chi connectivity index (χ3v) is 5.55. The molecule has 0 saturated carbocycles. The maximum Gasteiger partial charge on any atom is 0.0722 e. The Morgan fingerprint density at radius 3 is 2.50 bits per heavy atom. The lowest BCUT2D eigenvalue weighted by Crippen LogP contribution is -1.90. The molecule has 2 aromatic heterocycles. The Kier molecular flexibility index (Phi) is 2.57. The Hall–Kier alpha value is -3.39. The third kappa shape index (κ3) is 1.68. The highest BCUT2D eigenvalue weighted by Gasteiger charge is 2.16. The highest BCUT2D eigenvalue weighted by molar-refractivity contribution is 6.15. The van der Waals surface area contributed by atoms with Crippen molar-refractivity contribution < 1.29 is 0 Å². The lowest BCUT2D eigenvalue weighted by atomic mass is 10.0. The monoisotopic (exact) mass is 332 g/mol. The molecule has 122 valence electrons. The molecule has 1 aliphatic rings. The van der Waals surface area contributed by atoms with Crippen LogP contribution in [0.4, 0.5) is 0 Å². The van der Waals surface area contributed by atoms with Crippen molar-refractivity contribution in [2.45, 2.75) is 0 Å². The van der Waals surface area contributed by atoms with Crippen molar-refractivity contribution in [1.82, 2.24) is 9.55 Å². The number of nitrogens with zero attached hydrogens (tertiary/aromatic N) is 2. The zero-order valence-corrected chi connectivity index (χ0v) is 14.4. The van der Waals surface area contributed by atoms with E-state index in [0.29, 0.717) is 0 Å². The van der Waals surface area contributed by atoms with Crippen LogP contribution in [0.2, 0.25) is 0 Å². The van der Waals surface area contributed by atoms with E-state index >= 15 is 0 Å². The topological polar surface area (TPSA) is 17.8 Å². The third-order valence-electron chi connectivity index (χ3n) is 5.55. The SMILES string of the molecule is Cn1c2ccccc2c2c(-c3cc4c5c(cccc5n3)C=C4)cccc21. The summed E-state index contributed by atoms with van der Waals surface area (Å²) < 4.78 is 2.27. The van der Waals surface area contributed by atoms with Gasteiger partial charge in [-0.05, 0) is 35.4 Å². The maximum atomic E-state index is 5.02. The Bertz CT molecular complexity index is 1390. The molecular weight excluding hydrogens is 316 g/mol. The minimum atomic E-state index is 1.04. The van der Waals surface area contributed by atoms with Gasteiger partial charge in [0.2, 0.25) is 0 Å². The fourth-order valence-electron chi connectivity index (χ4n) is 4.36. The van der Waals surface area contributed by atoms with Crippen LogP contribution in [0.3, 0.4) is 0 Å². The van der Waals surface area contributed by atoms with E-state index in [4.69, 9.17) is 4.98 Å². The number of aromatic nitrogens is 2. The van der Waals surface area contributed by atoms with Gasteiger partial charge in [0.1, 0.15) is 0 Å². The van der Waals surface area contributed by atoms with Crippen molar-refractivity contribution in [2.75, 3.05) is 0 Å². The van der Waals surface area contributed by atoms with Gasteiger partial charge in [-0.15, -0.1) is 0 Å². The lowest BCUT2D eigenvalue weighted by molar-refractivity contribution is 1.01. The molecule has 2 heterocycles. The molecule has 5 aromatic rings. The first-order chi connectivity index (χ1) is 12.8. The summed E-state index contributed by atoms with van der Waals surface area (Å²) in [7, 11) is 2.14. The van der Waals surface area contributed by atoms with E-state index in [1.54, 1.807) is 0 Å². The minimum absolute atomic E-state index is 1.04. The number of hydrogen-bond acceptors (Lipinski definition) is 1. The van der Waals surface area contributed by atoms with Crippen LogP contribution >= 0.6 is 0 Å². The predicted octanol–water partition coefficient (Wildman–Crippen LogP) is 6.03. The number of pyridine rings is 1. The molecule has 2 heteroatoms. The summed E-state index contributed by atoms with van der Waals surface area (Å²) in [6, 6.07) is 23.7. The Morgan fingerprint density at radius 1 is 0.731 bits per heavy atom. The summed E-state index contributed by atoms with van der Waals surface area (Å²) >= 11 is 0. The standard InChI is InChI=1S/C24H16N2/c1-26-21-10-3-2-7-18(21)24-17(8-5-11-22(24)26)20-14-16-13-12-15-6-4-9-19(25-20)23(15)16/h2-14H,1H3. The zero-order chi connectivity index (χ0) is 17.3. The molecule has 0 fully saturated rings. The molecular formula is C24H16N2. The molecule has 0 N–H and O–H groups in total.